The minimum atomic E-state index is -0.196. The van der Waals surface area contributed by atoms with Crippen molar-refractivity contribution in [2.75, 3.05) is 20.1 Å². The number of benzene rings is 2. The molecule has 1 spiro atoms. The molecule has 0 unspecified atom stereocenters. The number of phenols is 1. The normalized spacial score (nSPS) is 32.6. The number of likely N-dealkylation sites (N-methyl/N-ethyl adjacent to an activating group) is 1. The number of carbonyl (C=O) groups excluding carboxylic acids is 1. The van der Waals surface area contributed by atoms with E-state index in [2.05, 4.69) is 49.6 Å². The smallest absolute Gasteiger partial charge is 0.298 e. The molecule has 2 saturated carbocycles. The summed E-state index contributed by atoms with van der Waals surface area (Å²) in [5, 5.41) is 10.9. The molecule has 3 aliphatic carbocycles. The van der Waals surface area contributed by atoms with Crippen molar-refractivity contribution in [1.29, 1.82) is 0 Å². The number of rotatable bonds is 3. The Morgan fingerprint density at radius 1 is 1.16 bits per heavy atom. The van der Waals surface area contributed by atoms with Gasteiger partial charge in [-0.3, -0.25) is 9.69 Å². The summed E-state index contributed by atoms with van der Waals surface area (Å²) in [7, 11) is 1.89. The monoisotopic (exact) mass is 510 g/mol. The van der Waals surface area contributed by atoms with Gasteiger partial charge in [0.1, 0.15) is 6.10 Å². The second-order valence-corrected chi connectivity index (χ2v) is 12.9. The topological polar surface area (TPSA) is 53.0 Å². The molecule has 38 heavy (non-hydrogen) atoms. The van der Waals surface area contributed by atoms with Crippen LogP contribution >= 0.6 is 0 Å². The van der Waals surface area contributed by atoms with E-state index in [-0.39, 0.29) is 34.6 Å². The first-order chi connectivity index (χ1) is 18.2. The number of ether oxygens (including phenoxy) is 1. The molecule has 2 aromatic rings. The van der Waals surface area contributed by atoms with E-state index in [1.165, 1.54) is 41.6 Å². The minimum Gasteiger partial charge on any atom is -0.504 e. The fraction of sp³-hybridized carbons (Fsp3) is 0.545. The van der Waals surface area contributed by atoms with Crippen molar-refractivity contribution < 1.29 is 14.6 Å². The summed E-state index contributed by atoms with van der Waals surface area (Å²) in [6.45, 7) is 8.89. The highest BCUT2D eigenvalue weighted by atomic mass is 16.5. The molecule has 1 amide bonds. The van der Waals surface area contributed by atoms with Crippen LogP contribution in [0.5, 0.6) is 11.5 Å². The molecule has 5 nitrogen and oxygen atoms in total. The van der Waals surface area contributed by atoms with Crippen LogP contribution in [0.15, 0.2) is 30.3 Å². The lowest BCUT2D eigenvalue weighted by Crippen LogP contribution is -2.73. The third-order valence-electron chi connectivity index (χ3n) is 10.9. The maximum absolute atomic E-state index is 13.4. The number of amides is 1. The van der Waals surface area contributed by atoms with Crippen LogP contribution in [0.2, 0.25) is 0 Å². The van der Waals surface area contributed by atoms with Crippen LogP contribution in [0.3, 0.4) is 0 Å². The predicted octanol–water partition coefficient (Wildman–Crippen LogP) is 4.73. The first-order valence-corrected chi connectivity index (χ1v) is 14.3. The van der Waals surface area contributed by atoms with Crippen molar-refractivity contribution in [1.82, 2.24) is 9.80 Å². The summed E-state index contributed by atoms with van der Waals surface area (Å²) in [6, 6.07) is 10.4. The molecule has 2 aromatic carbocycles. The molecule has 2 heterocycles. The van der Waals surface area contributed by atoms with Crippen LogP contribution in [0.4, 0.5) is 0 Å². The number of nitrogens with zero attached hydrogens (tertiary/aromatic N) is 2. The number of phenolic OH excluding ortho intramolecular Hbond substituents is 1. The van der Waals surface area contributed by atoms with Gasteiger partial charge >= 0.3 is 0 Å². The van der Waals surface area contributed by atoms with E-state index in [1.54, 1.807) is 0 Å². The zero-order chi connectivity index (χ0) is 26.4. The second-order valence-electron chi connectivity index (χ2n) is 12.9. The molecule has 7 rings (SSSR count). The largest absolute Gasteiger partial charge is 0.504 e. The van der Waals surface area contributed by atoms with Crippen LogP contribution < -0.4 is 4.74 Å². The Bertz CT molecular complexity index is 1400. The van der Waals surface area contributed by atoms with Crippen molar-refractivity contribution in [2.24, 2.45) is 11.3 Å². The standard InChI is InChI=1S/C33H38N2O3/c1-20-5-6-22(17-21(20)2)9-12-28(37)34(4)25-13-14-32(3)27-18-24-10-11-26(36)30-29(24)33(32,31(25)38-30)15-16-35(27)19-23-7-8-23/h5-6,10-11,17,23,25,27,31,36H,7-8,13-16,18-19H2,1-4H3/t25-,27+,31-,32-,33-/m0/s1. The van der Waals surface area contributed by atoms with Gasteiger partial charge in [0.25, 0.3) is 5.91 Å². The van der Waals surface area contributed by atoms with Crippen LogP contribution in [0, 0.1) is 37.0 Å². The Morgan fingerprint density at radius 2 is 1.97 bits per heavy atom. The highest BCUT2D eigenvalue weighted by Gasteiger charge is 2.71. The Kier molecular flexibility index (Phi) is 5.24. The molecule has 198 valence electrons. The van der Waals surface area contributed by atoms with E-state index in [4.69, 9.17) is 4.74 Å². The van der Waals surface area contributed by atoms with Crippen molar-refractivity contribution in [3.05, 3.63) is 58.1 Å². The molecule has 0 radical (unpaired) electrons. The SMILES string of the molecule is Cc1ccc(C#CC(=O)N(C)[C@H]2CC[C@@]3(C)[C@H]4Cc5ccc(O)c6c5[C@@]3(CCN4CC3CC3)[C@H]2O6)cc1C. The van der Waals surface area contributed by atoms with E-state index in [0.29, 0.717) is 11.8 Å². The molecule has 5 atom stereocenters. The Balaban J connectivity index is 1.25. The summed E-state index contributed by atoms with van der Waals surface area (Å²) in [4.78, 5) is 18.0. The molecular weight excluding hydrogens is 472 g/mol. The summed E-state index contributed by atoms with van der Waals surface area (Å²) in [6.07, 6.45) is 6.51. The summed E-state index contributed by atoms with van der Waals surface area (Å²) in [5.41, 5.74) is 5.67. The maximum atomic E-state index is 13.4. The first kappa shape index (κ1) is 24.1. The van der Waals surface area contributed by atoms with Gasteiger partial charge in [0, 0.05) is 42.1 Å². The predicted molar refractivity (Wildman–Crippen MR) is 147 cm³/mol. The summed E-state index contributed by atoms with van der Waals surface area (Å²) in [5.74, 6) is 7.60. The summed E-state index contributed by atoms with van der Waals surface area (Å²) >= 11 is 0. The summed E-state index contributed by atoms with van der Waals surface area (Å²) < 4.78 is 6.77. The molecule has 1 saturated heterocycles. The van der Waals surface area contributed by atoms with E-state index in [1.807, 2.05) is 30.1 Å². The van der Waals surface area contributed by atoms with Crippen molar-refractivity contribution in [2.45, 2.75) is 82.9 Å². The lowest BCUT2D eigenvalue weighted by molar-refractivity contribution is -0.150. The van der Waals surface area contributed by atoms with Crippen LogP contribution in [-0.4, -0.2) is 59.1 Å². The van der Waals surface area contributed by atoms with Gasteiger partial charge in [0.05, 0.1) is 6.04 Å². The highest BCUT2D eigenvalue weighted by Crippen LogP contribution is 2.69. The van der Waals surface area contributed by atoms with Crippen molar-refractivity contribution >= 4 is 5.91 Å². The minimum absolute atomic E-state index is 0.0440. The van der Waals surface area contributed by atoms with E-state index >= 15 is 0 Å². The molecule has 5 heteroatoms. The number of aromatic hydroxyl groups is 1. The zero-order valence-corrected chi connectivity index (χ0v) is 23.0. The third-order valence-corrected chi connectivity index (χ3v) is 10.9. The van der Waals surface area contributed by atoms with Gasteiger partial charge in [0.15, 0.2) is 11.5 Å². The Labute approximate surface area is 226 Å². The van der Waals surface area contributed by atoms with Crippen LogP contribution in [-0.2, 0) is 16.6 Å². The molecule has 2 aliphatic heterocycles. The fourth-order valence-electron chi connectivity index (χ4n) is 8.49. The van der Waals surface area contributed by atoms with Crippen molar-refractivity contribution in [3.63, 3.8) is 0 Å². The Hall–Kier alpha value is -2.97. The van der Waals surface area contributed by atoms with Gasteiger partial charge in [-0.15, -0.1) is 0 Å². The van der Waals surface area contributed by atoms with Gasteiger partial charge in [-0.05, 0) is 105 Å². The van der Waals surface area contributed by atoms with Gasteiger partial charge in [0.2, 0.25) is 0 Å². The molecule has 0 aromatic heterocycles. The van der Waals surface area contributed by atoms with Gasteiger partial charge in [-0.25, -0.2) is 0 Å². The number of aryl methyl sites for hydroxylation is 2. The molecule has 5 aliphatic rings. The number of piperidine rings is 1. The second kappa shape index (κ2) is 8.26. The number of hydrogen-bond acceptors (Lipinski definition) is 4. The zero-order valence-electron chi connectivity index (χ0n) is 23.0. The lowest BCUT2D eigenvalue weighted by atomic mass is 9.43. The average Bonchev–Trinajstić information content (AvgIpc) is 3.64. The molecule has 3 fully saturated rings. The highest BCUT2D eigenvalue weighted by molar-refractivity contribution is 5.94. The average molecular weight is 511 g/mol. The van der Waals surface area contributed by atoms with Crippen LogP contribution in [0.25, 0.3) is 0 Å². The van der Waals surface area contributed by atoms with Crippen LogP contribution in [0.1, 0.15) is 66.8 Å². The number of likely N-dealkylation sites (tertiary alicyclic amines) is 1. The first-order valence-electron chi connectivity index (χ1n) is 14.3. The van der Waals surface area contributed by atoms with E-state index < -0.39 is 0 Å². The quantitative estimate of drug-likeness (QED) is 0.607. The van der Waals surface area contributed by atoms with Gasteiger partial charge in [-0.2, -0.15) is 0 Å². The number of hydrogen-bond donors (Lipinski definition) is 1. The maximum Gasteiger partial charge on any atom is 0.298 e. The number of carbonyl (C=O) groups is 1. The van der Waals surface area contributed by atoms with E-state index in [0.717, 1.165) is 43.7 Å². The van der Waals surface area contributed by atoms with Gasteiger partial charge < -0.3 is 14.7 Å². The Morgan fingerprint density at radius 3 is 2.74 bits per heavy atom. The van der Waals surface area contributed by atoms with E-state index in [9.17, 15) is 9.90 Å². The molecule has 1 N–H and O–H groups in total. The van der Waals surface area contributed by atoms with Crippen molar-refractivity contribution in [3.8, 4) is 23.3 Å². The molecular formula is C33H38N2O3. The third kappa shape index (κ3) is 3.26. The van der Waals surface area contributed by atoms with Gasteiger partial charge in [-0.1, -0.05) is 25.0 Å². The fourth-order valence-corrected chi connectivity index (χ4v) is 8.49. The molecule has 2 bridgehead atoms. The lowest BCUT2D eigenvalue weighted by Gasteiger charge is -2.66.